The Morgan fingerprint density at radius 3 is 2.33 bits per heavy atom. The van der Waals surface area contributed by atoms with E-state index >= 15 is 0 Å². The van der Waals surface area contributed by atoms with Gasteiger partial charge in [-0.15, -0.1) is 12.4 Å². The van der Waals surface area contributed by atoms with Gasteiger partial charge in [-0.3, -0.25) is 9.59 Å². The van der Waals surface area contributed by atoms with E-state index in [1.54, 1.807) is 0 Å². The highest BCUT2D eigenvalue weighted by Gasteiger charge is 2.19. The Balaban J connectivity index is 0. The van der Waals surface area contributed by atoms with Crippen molar-refractivity contribution in [3.63, 3.8) is 0 Å². The molecule has 0 aliphatic heterocycles. The van der Waals surface area contributed by atoms with Crippen LogP contribution in [0.25, 0.3) is 0 Å². The maximum absolute atomic E-state index is 10.7. The lowest BCUT2D eigenvalue weighted by Crippen LogP contribution is -2.36. The largest absolute Gasteiger partial charge is 0.481 e. The first-order valence-corrected chi connectivity index (χ1v) is 3.08. The number of hydrogen-bond donors (Lipinski definition) is 2. The number of ether oxygens (including phenoxy) is 1. The second kappa shape index (κ2) is 6.87. The molecule has 0 amide bonds. The molecule has 1 atom stereocenters. The predicted octanol–water partition coefficient (Wildman–Crippen LogP) is -0.356. The van der Waals surface area contributed by atoms with Gasteiger partial charge in [-0.05, 0) is 7.05 Å². The van der Waals surface area contributed by atoms with Crippen molar-refractivity contribution >= 4 is 24.3 Å². The van der Waals surface area contributed by atoms with Crippen LogP contribution in [0.3, 0.4) is 0 Å². The summed E-state index contributed by atoms with van der Waals surface area (Å²) in [5, 5.41) is 10.8. The number of esters is 1. The zero-order valence-electron chi connectivity index (χ0n) is 6.86. The molecule has 0 aromatic rings. The van der Waals surface area contributed by atoms with Crippen LogP contribution in [-0.2, 0) is 14.3 Å². The molecule has 0 rings (SSSR count). The number of likely N-dealkylation sites (N-methyl/N-ethyl adjacent to an activating group) is 1. The van der Waals surface area contributed by atoms with Crippen molar-refractivity contribution in [2.24, 2.45) is 0 Å². The highest BCUT2D eigenvalue weighted by Crippen LogP contribution is 1.93. The molecule has 0 heterocycles. The van der Waals surface area contributed by atoms with Gasteiger partial charge in [0.2, 0.25) is 0 Å². The average molecular weight is 198 g/mol. The second-order valence-corrected chi connectivity index (χ2v) is 1.96. The number of rotatable bonds is 4. The van der Waals surface area contributed by atoms with Crippen molar-refractivity contribution in [2.75, 3.05) is 14.2 Å². The molecular weight excluding hydrogens is 186 g/mol. The topological polar surface area (TPSA) is 75.6 Å². The molecule has 5 nitrogen and oxygen atoms in total. The Morgan fingerprint density at radius 1 is 1.58 bits per heavy atom. The van der Waals surface area contributed by atoms with Gasteiger partial charge in [0.15, 0.2) is 0 Å². The summed E-state index contributed by atoms with van der Waals surface area (Å²) in [6, 6.07) is -0.752. The van der Waals surface area contributed by atoms with E-state index in [2.05, 4.69) is 10.1 Å². The Hall–Kier alpha value is -0.810. The van der Waals surface area contributed by atoms with Crippen LogP contribution in [-0.4, -0.2) is 37.2 Å². The fraction of sp³-hybridized carbons (Fsp3) is 0.667. The first-order valence-electron chi connectivity index (χ1n) is 3.08. The van der Waals surface area contributed by atoms with Gasteiger partial charge < -0.3 is 15.2 Å². The van der Waals surface area contributed by atoms with E-state index in [-0.39, 0.29) is 18.8 Å². The van der Waals surface area contributed by atoms with Gasteiger partial charge >= 0.3 is 11.9 Å². The van der Waals surface area contributed by atoms with E-state index in [0.717, 1.165) is 0 Å². The number of hydrogen-bond acceptors (Lipinski definition) is 4. The molecule has 1 unspecified atom stereocenters. The van der Waals surface area contributed by atoms with Crippen molar-refractivity contribution in [1.82, 2.24) is 5.32 Å². The maximum Gasteiger partial charge on any atom is 0.323 e. The third-order valence-electron chi connectivity index (χ3n) is 1.21. The van der Waals surface area contributed by atoms with Crippen LogP contribution in [0.1, 0.15) is 6.42 Å². The van der Waals surface area contributed by atoms with E-state index in [0.29, 0.717) is 0 Å². The predicted molar refractivity (Wildman–Crippen MR) is 44.4 cm³/mol. The summed E-state index contributed by atoms with van der Waals surface area (Å²) in [6.45, 7) is 0. The van der Waals surface area contributed by atoms with Gasteiger partial charge in [0.05, 0.1) is 13.5 Å². The highest BCUT2D eigenvalue weighted by atomic mass is 35.5. The molecule has 12 heavy (non-hydrogen) atoms. The first kappa shape index (κ1) is 13.8. The SMILES string of the molecule is CNC(CC(=O)O)C(=O)OC.Cl. The molecule has 6 heteroatoms. The number of aliphatic carboxylic acids is 1. The molecule has 0 spiro atoms. The van der Waals surface area contributed by atoms with Gasteiger partial charge in [-0.2, -0.15) is 0 Å². The minimum Gasteiger partial charge on any atom is -0.481 e. The van der Waals surface area contributed by atoms with Crippen molar-refractivity contribution in [2.45, 2.75) is 12.5 Å². The quantitative estimate of drug-likeness (QED) is 0.603. The van der Waals surface area contributed by atoms with E-state index < -0.39 is 18.0 Å². The molecule has 0 saturated carbocycles. The molecule has 0 aliphatic rings. The van der Waals surface area contributed by atoms with Gasteiger partial charge in [-0.1, -0.05) is 0 Å². The minimum absolute atomic E-state index is 0. The number of nitrogens with one attached hydrogen (secondary N) is 1. The fourth-order valence-electron chi connectivity index (χ4n) is 0.620. The summed E-state index contributed by atoms with van der Waals surface area (Å²) in [4.78, 5) is 20.9. The van der Waals surface area contributed by atoms with E-state index in [4.69, 9.17) is 5.11 Å². The monoisotopic (exact) mass is 197 g/mol. The number of carbonyl (C=O) groups is 2. The van der Waals surface area contributed by atoms with Crippen LogP contribution in [0.4, 0.5) is 0 Å². The van der Waals surface area contributed by atoms with Crippen LogP contribution in [0.2, 0.25) is 0 Å². The summed E-state index contributed by atoms with van der Waals surface area (Å²) >= 11 is 0. The van der Waals surface area contributed by atoms with Crippen LogP contribution in [0, 0.1) is 0 Å². The summed E-state index contributed by atoms with van der Waals surface area (Å²) < 4.78 is 4.34. The van der Waals surface area contributed by atoms with Gasteiger partial charge in [0.1, 0.15) is 6.04 Å². The molecule has 2 N–H and O–H groups in total. The molecule has 0 fully saturated rings. The third-order valence-corrected chi connectivity index (χ3v) is 1.21. The van der Waals surface area contributed by atoms with Gasteiger partial charge in [0, 0.05) is 0 Å². The number of carboxylic acids is 1. The highest BCUT2D eigenvalue weighted by molar-refractivity contribution is 5.85. The Morgan fingerprint density at radius 2 is 2.08 bits per heavy atom. The van der Waals surface area contributed by atoms with Crippen molar-refractivity contribution in [3.8, 4) is 0 Å². The van der Waals surface area contributed by atoms with E-state index in [1.807, 2.05) is 0 Å². The molecule has 0 saturated heterocycles. The normalized spacial score (nSPS) is 11.2. The first-order chi connectivity index (χ1) is 5.11. The Labute approximate surface area is 76.5 Å². The molecular formula is C6H12ClNO4. The zero-order valence-corrected chi connectivity index (χ0v) is 7.68. The number of methoxy groups -OCH3 is 1. The lowest BCUT2D eigenvalue weighted by atomic mass is 10.2. The van der Waals surface area contributed by atoms with Crippen molar-refractivity contribution in [1.29, 1.82) is 0 Å². The molecule has 0 aromatic carbocycles. The average Bonchev–Trinajstić information content (AvgIpc) is 1.98. The van der Waals surface area contributed by atoms with E-state index in [9.17, 15) is 9.59 Å². The molecule has 72 valence electrons. The van der Waals surface area contributed by atoms with Crippen LogP contribution < -0.4 is 5.32 Å². The summed E-state index contributed by atoms with van der Waals surface area (Å²) in [7, 11) is 2.72. The Kier molecular flexibility index (Phi) is 7.88. The lowest BCUT2D eigenvalue weighted by molar-refractivity contribution is -0.148. The summed E-state index contributed by atoms with van der Waals surface area (Å²) in [5.41, 5.74) is 0. The smallest absolute Gasteiger partial charge is 0.323 e. The molecule has 0 radical (unpaired) electrons. The van der Waals surface area contributed by atoms with Crippen molar-refractivity contribution in [3.05, 3.63) is 0 Å². The van der Waals surface area contributed by atoms with Crippen molar-refractivity contribution < 1.29 is 19.4 Å². The Bertz CT molecular complexity index is 162. The number of halogens is 1. The third kappa shape index (κ3) is 4.92. The standard InChI is InChI=1S/C6H11NO4.ClH/c1-7-4(3-5(8)9)6(10)11-2;/h4,7H,3H2,1-2H3,(H,8,9);1H. The maximum atomic E-state index is 10.7. The summed E-state index contributed by atoms with van der Waals surface area (Å²) in [6.07, 6.45) is -0.261. The molecule has 0 bridgehead atoms. The van der Waals surface area contributed by atoms with Gasteiger partial charge in [-0.25, -0.2) is 0 Å². The van der Waals surface area contributed by atoms with Crippen LogP contribution in [0.5, 0.6) is 0 Å². The zero-order chi connectivity index (χ0) is 8.85. The minimum atomic E-state index is -1.03. The fourth-order valence-corrected chi connectivity index (χ4v) is 0.620. The lowest BCUT2D eigenvalue weighted by Gasteiger charge is -2.09. The summed E-state index contributed by atoms with van der Waals surface area (Å²) in [5.74, 6) is -1.59. The van der Waals surface area contributed by atoms with Crippen LogP contribution in [0.15, 0.2) is 0 Å². The van der Waals surface area contributed by atoms with Crippen LogP contribution >= 0.6 is 12.4 Å². The second-order valence-electron chi connectivity index (χ2n) is 1.96. The van der Waals surface area contributed by atoms with Gasteiger partial charge in [0.25, 0.3) is 0 Å². The number of carboxylic acid groups (broad SMARTS) is 1. The number of carbonyl (C=O) groups excluding carboxylic acids is 1. The molecule has 0 aromatic heterocycles. The van der Waals surface area contributed by atoms with E-state index in [1.165, 1.54) is 14.2 Å². The molecule has 0 aliphatic carbocycles.